The molecular formula is C24H22BrNO. The van der Waals surface area contributed by atoms with Gasteiger partial charge in [0, 0.05) is 11.8 Å². The Morgan fingerprint density at radius 2 is 1.30 bits per heavy atom. The maximum Gasteiger partial charge on any atom is 0.242 e. The summed E-state index contributed by atoms with van der Waals surface area (Å²) in [7, 11) is 0. The van der Waals surface area contributed by atoms with Gasteiger partial charge >= 0.3 is 0 Å². The molecule has 2 aromatic carbocycles. The van der Waals surface area contributed by atoms with Crippen LogP contribution in [0, 0.1) is 38.5 Å². The van der Waals surface area contributed by atoms with E-state index in [1.807, 2.05) is 0 Å². The van der Waals surface area contributed by atoms with Crippen LogP contribution in [0.1, 0.15) is 34.1 Å². The molecule has 1 aliphatic carbocycles. The maximum atomic E-state index is 13.4. The van der Waals surface area contributed by atoms with Crippen LogP contribution < -0.4 is 0 Å². The first kappa shape index (κ1) is 19.3. The number of halogens is 1. The Balaban J connectivity index is 2.02. The standard InChI is InChI=1S/C24H22BrNO/c1-5-15-26(16-6-2)23(27)24(25)21(19-11-7-17(3)8-12-19)22(24)20-13-9-18(4)10-14-20/h1-2,7-14,21-22H,15-16H2,3-4H3/t21-,22-/m0/s1. The molecule has 1 aliphatic rings. The Kier molecular flexibility index (Phi) is 5.45. The molecule has 0 saturated heterocycles. The molecule has 1 fully saturated rings. The van der Waals surface area contributed by atoms with Crippen molar-refractivity contribution in [2.24, 2.45) is 0 Å². The smallest absolute Gasteiger partial charge is 0.242 e. The predicted molar refractivity (Wildman–Crippen MR) is 114 cm³/mol. The van der Waals surface area contributed by atoms with E-state index in [-0.39, 0.29) is 30.8 Å². The van der Waals surface area contributed by atoms with Gasteiger partial charge in [-0.1, -0.05) is 87.4 Å². The SMILES string of the molecule is C#CCN(CC#C)C(=O)C1(Br)[C@@H](c2ccc(C)cc2)[C@@H]1c1ccc(C)cc1. The highest BCUT2D eigenvalue weighted by Gasteiger charge is 2.69. The zero-order chi connectivity index (χ0) is 19.6. The lowest BCUT2D eigenvalue weighted by molar-refractivity contribution is -0.130. The Morgan fingerprint density at radius 1 is 0.926 bits per heavy atom. The Hall–Kier alpha value is -2.49. The van der Waals surface area contributed by atoms with Crippen molar-refractivity contribution in [1.29, 1.82) is 0 Å². The Morgan fingerprint density at radius 3 is 1.63 bits per heavy atom. The number of carbonyl (C=O) groups excluding carboxylic acids is 1. The fourth-order valence-corrected chi connectivity index (χ4v) is 4.88. The molecule has 2 nitrogen and oxygen atoms in total. The van der Waals surface area contributed by atoms with Crippen molar-refractivity contribution >= 4 is 21.8 Å². The summed E-state index contributed by atoms with van der Waals surface area (Å²) in [5.74, 6) is 5.11. The minimum Gasteiger partial charge on any atom is -0.319 e. The van der Waals surface area contributed by atoms with Gasteiger partial charge in [-0.25, -0.2) is 0 Å². The first-order valence-electron chi connectivity index (χ1n) is 8.91. The van der Waals surface area contributed by atoms with Crippen LogP contribution in [-0.4, -0.2) is 28.2 Å². The lowest BCUT2D eigenvalue weighted by Crippen LogP contribution is -2.39. The van der Waals surface area contributed by atoms with E-state index in [1.165, 1.54) is 11.1 Å². The zero-order valence-corrected chi connectivity index (χ0v) is 17.2. The van der Waals surface area contributed by atoms with Gasteiger partial charge in [-0.2, -0.15) is 0 Å². The average molecular weight is 420 g/mol. The van der Waals surface area contributed by atoms with E-state index >= 15 is 0 Å². The number of carbonyl (C=O) groups is 1. The minimum atomic E-state index is -0.731. The first-order valence-corrected chi connectivity index (χ1v) is 9.71. The number of alkyl halides is 1. The summed E-state index contributed by atoms with van der Waals surface area (Å²) in [4.78, 5) is 15.0. The fourth-order valence-electron chi connectivity index (χ4n) is 3.70. The van der Waals surface area contributed by atoms with Crippen molar-refractivity contribution in [3.8, 4) is 24.7 Å². The normalized spacial score (nSPS) is 23.1. The van der Waals surface area contributed by atoms with Gasteiger partial charge in [0.05, 0.1) is 13.1 Å². The van der Waals surface area contributed by atoms with Gasteiger partial charge in [-0.05, 0) is 25.0 Å². The molecule has 0 aromatic heterocycles. The number of amides is 1. The summed E-state index contributed by atoms with van der Waals surface area (Å²) in [6.07, 6.45) is 10.9. The summed E-state index contributed by atoms with van der Waals surface area (Å²) < 4.78 is -0.731. The number of aryl methyl sites for hydroxylation is 2. The van der Waals surface area contributed by atoms with E-state index in [2.05, 4.69) is 90.1 Å². The maximum absolute atomic E-state index is 13.4. The molecule has 136 valence electrons. The molecule has 0 aliphatic heterocycles. The summed E-state index contributed by atoms with van der Waals surface area (Å²) >= 11 is 3.81. The number of hydrogen-bond acceptors (Lipinski definition) is 1. The van der Waals surface area contributed by atoms with Crippen molar-refractivity contribution in [2.45, 2.75) is 30.0 Å². The molecule has 3 heteroatoms. The van der Waals surface area contributed by atoms with Crippen molar-refractivity contribution < 1.29 is 4.79 Å². The topological polar surface area (TPSA) is 20.3 Å². The second-order valence-corrected chi connectivity index (χ2v) is 8.43. The molecule has 1 saturated carbocycles. The van der Waals surface area contributed by atoms with Gasteiger partial charge in [0.1, 0.15) is 4.32 Å². The number of benzene rings is 2. The van der Waals surface area contributed by atoms with Crippen molar-refractivity contribution in [3.05, 3.63) is 70.8 Å². The van der Waals surface area contributed by atoms with Crippen molar-refractivity contribution in [1.82, 2.24) is 4.90 Å². The highest BCUT2D eigenvalue weighted by molar-refractivity contribution is 9.10. The zero-order valence-electron chi connectivity index (χ0n) is 15.6. The molecule has 3 rings (SSSR count). The van der Waals surface area contributed by atoms with E-state index in [1.54, 1.807) is 4.90 Å². The lowest BCUT2D eigenvalue weighted by Gasteiger charge is -2.22. The summed E-state index contributed by atoms with van der Waals surface area (Å²) in [6, 6.07) is 16.7. The summed E-state index contributed by atoms with van der Waals surface area (Å²) in [6.45, 7) is 4.53. The van der Waals surface area contributed by atoms with Gasteiger partial charge in [-0.15, -0.1) is 12.8 Å². The highest BCUT2D eigenvalue weighted by Crippen LogP contribution is 2.69. The largest absolute Gasteiger partial charge is 0.319 e. The van der Waals surface area contributed by atoms with Gasteiger partial charge in [-0.3, -0.25) is 4.79 Å². The fraction of sp³-hybridized carbons (Fsp3) is 0.292. The molecule has 27 heavy (non-hydrogen) atoms. The van der Waals surface area contributed by atoms with Gasteiger partial charge in [0.15, 0.2) is 0 Å². The molecular weight excluding hydrogens is 398 g/mol. The highest BCUT2D eigenvalue weighted by atomic mass is 79.9. The predicted octanol–water partition coefficient (Wildman–Crippen LogP) is 4.41. The second kappa shape index (κ2) is 7.63. The third-order valence-electron chi connectivity index (χ3n) is 5.18. The van der Waals surface area contributed by atoms with Crippen LogP contribution in [-0.2, 0) is 4.79 Å². The number of nitrogens with zero attached hydrogens (tertiary/aromatic N) is 1. The quantitative estimate of drug-likeness (QED) is 0.518. The third-order valence-corrected chi connectivity index (χ3v) is 6.51. The minimum absolute atomic E-state index is 0.0337. The average Bonchev–Trinajstić information content (AvgIpc) is 3.29. The molecule has 0 unspecified atom stereocenters. The first-order chi connectivity index (χ1) is 12.9. The molecule has 0 spiro atoms. The number of terminal acetylenes is 2. The monoisotopic (exact) mass is 419 g/mol. The molecule has 0 N–H and O–H groups in total. The van der Waals surface area contributed by atoms with Crippen molar-refractivity contribution in [2.75, 3.05) is 13.1 Å². The van der Waals surface area contributed by atoms with E-state index in [4.69, 9.17) is 12.8 Å². The van der Waals surface area contributed by atoms with Crippen LogP contribution in [0.3, 0.4) is 0 Å². The van der Waals surface area contributed by atoms with Crippen LogP contribution >= 0.6 is 15.9 Å². The van der Waals surface area contributed by atoms with Gasteiger partial charge < -0.3 is 4.90 Å². The Bertz CT molecular complexity index is 847. The van der Waals surface area contributed by atoms with Gasteiger partial charge in [0.25, 0.3) is 0 Å². The van der Waals surface area contributed by atoms with Crippen LogP contribution in [0.25, 0.3) is 0 Å². The van der Waals surface area contributed by atoms with Crippen LogP contribution in [0.4, 0.5) is 0 Å². The van der Waals surface area contributed by atoms with E-state index < -0.39 is 4.32 Å². The van der Waals surface area contributed by atoms with E-state index in [0.717, 1.165) is 11.1 Å². The van der Waals surface area contributed by atoms with E-state index in [9.17, 15) is 4.79 Å². The molecule has 1 amide bonds. The molecule has 2 aromatic rings. The number of rotatable bonds is 5. The van der Waals surface area contributed by atoms with E-state index in [0.29, 0.717) is 0 Å². The van der Waals surface area contributed by atoms with Crippen LogP contribution in [0.15, 0.2) is 48.5 Å². The van der Waals surface area contributed by atoms with Gasteiger partial charge in [0.2, 0.25) is 5.91 Å². The lowest BCUT2D eigenvalue weighted by atomic mass is 10.0. The summed E-state index contributed by atoms with van der Waals surface area (Å²) in [5.41, 5.74) is 4.66. The summed E-state index contributed by atoms with van der Waals surface area (Å²) in [5, 5.41) is 0. The van der Waals surface area contributed by atoms with Crippen molar-refractivity contribution in [3.63, 3.8) is 0 Å². The third kappa shape index (κ3) is 3.53. The van der Waals surface area contributed by atoms with Crippen LogP contribution in [0.2, 0.25) is 0 Å². The number of hydrogen-bond donors (Lipinski definition) is 0. The van der Waals surface area contributed by atoms with Crippen LogP contribution in [0.5, 0.6) is 0 Å². The second-order valence-electron chi connectivity index (χ2n) is 7.11. The molecule has 0 radical (unpaired) electrons. The molecule has 0 heterocycles. The molecule has 2 atom stereocenters. The Labute approximate surface area is 170 Å². The molecule has 0 bridgehead atoms.